The Hall–Kier alpha value is -4.44. The van der Waals surface area contributed by atoms with Gasteiger partial charge in [-0.2, -0.15) is 0 Å². The summed E-state index contributed by atoms with van der Waals surface area (Å²) >= 11 is 0. The van der Waals surface area contributed by atoms with Crippen LogP contribution in [0.4, 0.5) is 5.69 Å². The van der Waals surface area contributed by atoms with Crippen molar-refractivity contribution in [3.63, 3.8) is 0 Å². The molecule has 4 aromatic carbocycles. The summed E-state index contributed by atoms with van der Waals surface area (Å²) in [5.41, 5.74) is 8.00. The van der Waals surface area contributed by atoms with E-state index in [4.69, 9.17) is 4.42 Å². The van der Waals surface area contributed by atoms with Crippen LogP contribution in [0.25, 0.3) is 45.3 Å². The number of rotatable bonds is 3. The first kappa shape index (κ1) is 18.3. The van der Waals surface area contributed by atoms with Crippen LogP contribution in [0.2, 0.25) is 0 Å². The van der Waals surface area contributed by atoms with Crippen LogP contribution in [0.15, 0.2) is 101 Å². The highest BCUT2D eigenvalue weighted by Crippen LogP contribution is 2.33. The Balaban J connectivity index is 1.33. The predicted octanol–water partition coefficient (Wildman–Crippen LogP) is 6.65. The lowest BCUT2D eigenvalue weighted by Gasteiger charge is -2.02. The fraction of sp³-hybridized carbons (Fsp3) is 0. The first-order valence-corrected chi connectivity index (χ1v) is 10.4. The zero-order chi connectivity index (χ0) is 21.5. The van der Waals surface area contributed by atoms with Crippen LogP contribution < -0.4 is 5.32 Å². The molecule has 6 rings (SSSR count). The van der Waals surface area contributed by atoms with E-state index in [-0.39, 0.29) is 5.91 Å². The molecule has 5 aromatic rings. The van der Waals surface area contributed by atoms with E-state index in [9.17, 15) is 4.79 Å². The highest BCUT2D eigenvalue weighted by molar-refractivity contribution is 6.34. The van der Waals surface area contributed by atoms with Gasteiger partial charge in [0.1, 0.15) is 5.52 Å². The molecule has 1 amide bonds. The van der Waals surface area contributed by atoms with Crippen molar-refractivity contribution < 1.29 is 9.21 Å². The van der Waals surface area contributed by atoms with Gasteiger partial charge < -0.3 is 9.73 Å². The topological polar surface area (TPSA) is 55.1 Å². The van der Waals surface area contributed by atoms with Gasteiger partial charge >= 0.3 is 0 Å². The van der Waals surface area contributed by atoms with E-state index in [1.807, 2.05) is 78.9 Å². The van der Waals surface area contributed by atoms with Crippen LogP contribution >= 0.6 is 0 Å². The molecule has 0 aliphatic carbocycles. The number of hydrogen-bond acceptors (Lipinski definition) is 3. The van der Waals surface area contributed by atoms with Crippen LogP contribution in [0.1, 0.15) is 11.1 Å². The number of carbonyl (C=O) groups is 1. The van der Waals surface area contributed by atoms with Gasteiger partial charge in [-0.1, -0.05) is 66.7 Å². The van der Waals surface area contributed by atoms with Gasteiger partial charge in [0.15, 0.2) is 5.58 Å². The van der Waals surface area contributed by atoms with Gasteiger partial charge in [-0.15, -0.1) is 0 Å². The number of nitrogens with zero attached hydrogens (tertiary/aromatic N) is 1. The fourth-order valence-electron chi connectivity index (χ4n) is 4.04. The molecule has 152 valence electrons. The largest absolute Gasteiger partial charge is 0.436 e. The minimum atomic E-state index is -0.0944. The second kappa shape index (κ2) is 7.36. The minimum Gasteiger partial charge on any atom is -0.436 e. The van der Waals surface area contributed by atoms with E-state index in [2.05, 4.69) is 34.6 Å². The average Bonchev–Trinajstić information content (AvgIpc) is 3.40. The molecule has 2 heterocycles. The smallest absolute Gasteiger partial charge is 0.256 e. The molecule has 32 heavy (non-hydrogen) atoms. The second-order valence-corrected chi connectivity index (χ2v) is 7.75. The molecule has 0 bridgehead atoms. The monoisotopic (exact) mass is 414 g/mol. The Kier molecular flexibility index (Phi) is 4.22. The zero-order valence-corrected chi connectivity index (χ0v) is 17.1. The summed E-state index contributed by atoms with van der Waals surface area (Å²) in [7, 11) is 0. The van der Waals surface area contributed by atoms with Crippen molar-refractivity contribution >= 4 is 34.3 Å². The van der Waals surface area contributed by atoms with Crippen molar-refractivity contribution in [2.24, 2.45) is 0 Å². The Morgan fingerprint density at radius 1 is 0.750 bits per heavy atom. The van der Waals surface area contributed by atoms with Crippen LogP contribution in [-0.4, -0.2) is 10.9 Å². The number of para-hydroxylation sites is 1. The number of aromatic nitrogens is 1. The summed E-state index contributed by atoms with van der Waals surface area (Å²) in [5.74, 6) is 0.483. The number of nitrogens with one attached hydrogen (secondary N) is 1. The Labute approximate surface area is 184 Å². The summed E-state index contributed by atoms with van der Waals surface area (Å²) < 4.78 is 6.06. The number of oxazole rings is 1. The summed E-state index contributed by atoms with van der Waals surface area (Å²) in [4.78, 5) is 17.0. The first-order valence-electron chi connectivity index (χ1n) is 10.4. The maximum Gasteiger partial charge on any atom is 0.256 e. The van der Waals surface area contributed by atoms with E-state index in [0.29, 0.717) is 17.0 Å². The number of amides is 1. The summed E-state index contributed by atoms with van der Waals surface area (Å²) in [6.07, 6.45) is 1.89. The Morgan fingerprint density at radius 3 is 2.31 bits per heavy atom. The van der Waals surface area contributed by atoms with Crippen LogP contribution in [0.5, 0.6) is 0 Å². The highest BCUT2D eigenvalue weighted by Gasteiger charge is 2.23. The number of anilines is 1. The molecule has 1 aliphatic heterocycles. The first-order chi connectivity index (χ1) is 15.7. The van der Waals surface area contributed by atoms with Crippen molar-refractivity contribution in [3.05, 3.63) is 108 Å². The third-order valence-corrected chi connectivity index (χ3v) is 5.67. The average molecular weight is 414 g/mol. The second-order valence-electron chi connectivity index (χ2n) is 7.75. The van der Waals surface area contributed by atoms with Gasteiger partial charge in [0.05, 0.1) is 0 Å². The highest BCUT2D eigenvalue weighted by atomic mass is 16.3. The fourth-order valence-corrected chi connectivity index (χ4v) is 4.04. The number of fused-ring (bicyclic) bond motifs is 2. The lowest BCUT2D eigenvalue weighted by molar-refractivity contribution is -0.110. The molecule has 1 aliphatic rings. The van der Waals surface area contributed by atoms with Crippen LogP contribution in [0.3, 0.4) is 0 Å². The van der Waals surface area contributed by atoms with Gasteiger partial charge in [0, 0.05) is 22.4 Å². The van der Waals surface area contributed by atoms with E-state index in [0.717, 1.165) is 33.5 Å². The molecule has 1 aromatic heterocycles. The van der Waals surface area contributed by atoms with Gasteiger partial charge in [-0.25, -0.2) is 4.98 Å². The van der Waals surface area contributed by atoms with Gasteiger partial charge in [0.25, 0.3) is 5.91 Å². The van der Waals surface area contributed by atoms with Gasteiger partial charge in [0.2, 0.25) is 5.89 Å². The molecule has 0 saturated carbocycles. The van der Waals surface area contributed by atoms with E-state index < -0.39 is 0 Å². The third-order valence-electron chi connectivity index (χ3n) is 5.67. The normalized spacial score (nSPS) is 14.0. The lowest BCUT2D eigenvalue weighted by Crippen LogP contribution is -2.03. The minimum absolute atomic E-state index is 0.0944. The van der Waals surface area contributed by atoms with Crippen molar-refractivity contribution in [1.82, 2.24) is 4.98 Å². The van der Waals surface area contributed by atoms with Crippen LogP contribution in [-0.2, 0) is 4.79 Å². The molecule has 0 fully saturated rings. The van der Waals surface area contributed by atoms with Crippen LogP contribution in [0, 0.1) is 0 Å². The van der Waals surface area contributed by atoms with Crippen molar-refractivity contribution in [2.45, 2.75) is 0 Å². The molecule has 0 atom stereocenters. The maximum absolute atomic E-state index is 12.4. The number of carbonyl (C=O) groups excluding carboxylic acids is 1. The Bertz CT molecular complexity index is 1500. The molecular formula is C28H18N2O2. The molecule has 1 N–H and O–H groups in total. The predicted molar refractivity (Wildman–Crippen MR) is 128 cm³/mol. The van der Waals surface area contributed by atoms with Crippen molar-refractivity contribution in [3.8, 4) is 22.6 Å². The molecule has 0 unspecified atom stereocenters. The van der Waals surface area contributed by atoms with Gasteiger partial charge in [-0.05, 0) is 53.1 Å². The summed E-state index contributed by atoms with van der Waals surface area (Å²) in [6, 6.07) is 32.0. The van der Waals surface area contributed by atoms with E-state index in [1.165, 1.54) is 5.56 Å². The van der Waals surface area contributed by atoms with Crippen molar-refractivity contribution in [2.75, 3.05) is 5.32 Å². The summed E-state index contributed by atoms with van der Waals surface area (Å²) in [5, 5.41) is 2.90. The van der Waals surface area contributed by atoms with E-state index in [1.54, 1.807) is 0 Å². The van der Waals surface area contributed by atoms with E-state index >= 15 is 0 Å². The standard InChI is InChI=1S/C28H18N2O2/c31-27-23(22-8-4-5-9-24(22)29-27)16-18-10-15-25-26(17-18)32-28(30-25)21-13-11-20(12-14-21)19-6-2-1-3-7-19/h1-17H,(H,29,31). The van der Waals surface area contributed by atoms with Crippen molar-refractivity contribution in [1.29, 1.82) is 0 Å². The molecule has 4 nitrogen and oxygen atoms in total. The Morgan fingerprint density at radius 2 is 1.47 bits per heavy atom. The van der Waals surface area contributed by atoms with Gasteiger partial charge in [-0.3, -0.25) is 4.79 Å². The lowest BCUT2D eigenvalue weighted by atomic mass is 10.0. The molecule has 4 heteroatoms. The molecule has 0 radical (unpaired) electrons. The quantitative estimate of drug-likeness (QED) is 0.336. The molecule has 0 spiro atoms. The molecule has 0 saturated heterocycles. The zero-order valence-electron chi connectivity index (χ0n) is 17.1. The number of benzene rings is 4. The maximum atomic E-state index is 12.4. The number of hydrogen-bond donors (Lipinski definition) is 1. The third kappa shape index (κ3) is 3.19. The summed E-state index contributed by atoms with van der Waals surface area (Å²) in [6.45, 7) is 0. The SMILES string of the molecule is O=C1Nc2ccccc2C1=Cc1ccc2nc(-c3ccc(-c4ccccc4)cc3)oc2c1. The molecular weight excluding hydrogens is 396 g/mol.